The standard InChI is InChI=1S/C22H23ClFN3O3/c1-11-19-14(23)9-27(22(19)26-10-25-11)16-8-18(21(29)20(16)28)30-17-7-6-15(24)12-4-2-3-5-13(12)17/h6-7,9-10,16,18,20-21,28-29H,2-5,8H2,1H3/t16-,18+,20+,21-/m1/s1. The molecule has 0 radical (unpaired) electrons. The Morgan fingerprint density at radius 2 is 1.90 bits per heavy atom. The Morgan fingerprint density at radius 1 is 1.13 bits per heavy atom. The van der Waals surface area contributed by atoms with Crippen LogP contribution in [-0.4, -0.2) is 43.1 Å². The predicted octanol–water partition coefficient (Wildman–Crippen LogP) is 3.53. The molecule has 0 bridgehead atoms. The molecule has 1 saturated carbocycles. The summed E-state index contributed by atoms with van der Waals surface area (Å²) in [6.45, 7) is 1.85. The molecule has 1 aromatic carbocycles. The molecule has 2 aliphatic rings. The zero-order chi connectivity index (χ0) is 21.0. The number of aryl methyl sites for hydroxylation is 1. The van der Waals surface area contributed by atoms with Crippen LogP contribution in [0.2, 0.25) is 5.02 Å². The van der Waals surface area contributed by atoms with Crippen LogP contribution in [0.5, 0.6) is 5.75 Å². The van der Waals surface area contributed by atoms with E-state index in [4.69, 9.17) is 16.3 Å². The third kappa shape index (κ3) is 3.07. The van der Waals surface area contributed by atoms with E-state index in [9.17, 15) is 14.6 Å². The summed E-state index contributed by atoms with van der Waals surface area (Å²) >= 11 is 6.39. The molecule has 2 N–H and O–H groups in total. The maximum absolute atomic E-state index is 14.2. The van der Waals surface area contributed by atoms with Gasteiger partial charge in [-0.05, 0) is 50.3 Å². The van der Waals surface area contributed by atoms with E-state index >= 15 is 0 Å². The fourth-order valence-electron chi connectivity index (χ4n) is 4.86. The van der Waals surface area contributed by atoms with Gasteiger partial charge in [-0.3, -0.25) is 0 Å². The first-order valence-corrected chi connectivity index (χ1v) is 10.6. The van der Waals surface area contributed by atoms with Crippen LogP contribution in [0.3, 0.4) is 0 Å². The van der Waals surface area contributed by atoms with Crippen molar-refractivity contribution in [2.45, 2.75) is 63.4 Å². The van der Waals surface area contributed by atoms with E-state index in [0.29, 0.717) is 34.8 Å². The number of aliphatic hydroxyl groups is 2. The van der Waals surface area contributed by atoms with Gasteiger partial charge in [0.2, 0.25) is 0 Å². The Labute approximate surface area is 178 Å². The molecular weight excluding hydrogens is 409 g/mol. The van der Waals surface area contributed by atoms with Crippen molar-refractivity contribution in [3.05, 3.63) is 52.3 Å². The lowest BCUT2D eigenvalue weighted by molar-refractivity contribution is -0.0166. The largest absolute Gasteiger partial charge is 0.487 e. The molecule has 3 aromatic rings. The van der Waals surface area contributed by atoms with Crippen molar-refractivity contribution in [2.24, 2.45) is 0 Å². The highest BCUT2D eigenvalue weighted by molar-refractivity contribution is 6.35. The third-order valence-corrected chi connectivity index (χ3v) is 6.71. The van der Waals surface area contributed by atoms with Gasteiger partial charge in [0.25, 0.3) is 0 Å². The number of ether oxygens (including phenoxy) is 1. The molecule has 0 aliphatic heterocycles. The number of hydrogen-bond donors (Lipinski definition) is 2. The molecule has 0 spiro atoms. The molecule has 1 fully saturated rings. The molecule has 158 valence electrons. The van der Waals surface area contributed by atoms with Crippen molar-refractivity contribution >= 4 is 22.6 Å². The molecule has 0 amide bonds. The topological polar surface area (TPSA) is 80.4 Å². The number of aromatic nitrogens is 3. The Balaban J connectivity index is 1.46. The fraction of sp³-hybridized carbons (Fsp3) is 0.455. The minimum Gasteiger partial charge on any atom is -0.487 e. The van der Waals surface area contributed by atoms with Crippen LogP contribution in [0.4, 0.5) is 4.39 Å². The zero-order valence-electron chi connectivity index (χ0n) is 16.6. The number of benzene rings is 1. The molecule has 2 aliphatic carbocycles. The van der Waals surface area contributed by atoms with E-state index in [0.717, 1.165) is 35.9 Å². The average Bonchev–Trinajstić information content (AvgIpc) is 3.22. The van der Waals surface area contributed by atoms with Gasteiger partial charge in [-0.25, -0.2) is 14.4 Å². The summed E-state index contributed by atoms with van der Waals surface area (Å²) in [5.74, 6) is 0.391. The predicted molar refractivity (Wildman–Crippen MR) is 110 cm³/mol. The number of fused-ring (bicyclic) bond motifs is 2. The third-order valence-electron chi connectivity index (χ3n) is 6.42. The highest BCUT2D eigenvalue weighted by Gasteiger charge is 2.45. The van der Waals surface area contributed by atoms with E-state index in [1.807, 2.05) is 6.92 Å². The summed E-state index contributed by atoms with van der Waals surface area (Å²) in [7, 11) is 0. The van der Waals surface area contributed by atoms with Gasteiger partial charge in [-0.2, -0.15) is 0 Å². The minimum atomic E-state index is -1.08. The monoisotopic (exact) mass is 431 g/mol. The van der Waals surface area contributed by atoms with Gasteiger partial charge in [-0.15, -0.1) is 0 Å². The molecule has 0 unspecified atom stereocenters. The lowest BCUT2D eigenvalue weighted by Gasteiger charge is -2.24. The van der Waals surface area contributed by atoms with Crippen molar-refractivity contribution in [1.29, 1.82) is 0 Å². The number of halogens is 2. The second-order valence-corrected chi connectivity index (χ2v) is 8.60. The molecule has 6 nitrogen and oxygen atoms in total. The lowest BCUT2D eigenvalue weighted by atomic mass is 9.90. The molecule has 5 rings (SSSR count). The fourth-order valence-corrected chi connectivity index (χ4v) is 5.19. The smallest absolute Gasteiger partial charge is 0.145 e. The Morgan fingerprint density at radius 3 is 2.70 bits per heavy atom. The van der Waals surface area contributed by atoms with Gasteiger partial charge in [0, 0.05) is 18.2 Å². The Bertz CT molecular complexity index is 1120. The molecular formula is C22H23ClFN3O3. The average molecular weight is 432 g/mol. The van der Waals surface area contributed by atoms with Gasteiger partial charge < -0.3 is 19.5 Å². The summed E-state index contributed by atoms with van der Waals surface area (Å²) in [6.07, 6.45) is 4.19. The van der Waals surface area contributed by atoms with E-state index in [1.165, 1.54) is 12.4 Å². The van der Waals surface area contributed by atoms with E-state index in [-0.39, 0.29) is 5.82 Å². The number of hydrogen-bond acceptors (Lipinski definition) is 5. The molecule has 8 heteroatoms. The number of aliphatic hydroxyl groups excluding tert-OH is 2. The normalized spacial score (nSPS) is 26.2. The summed E-state index contributed by atoms with van der Waals surface area (Å²) in [5.41, 5.74) is 2.95. The number of rotatable bonds is 3. The molecule has 30 heavy (non-hydrogen) atoms. The van der Waals surface area contributed by atoms with Crippen LogP contribution < -0.4 is 4.74 Å². The van der Waals surface area contributed by atoms with Crippen LogP contribution in [0.15, 0.2) is 24.7 Å². The first kappa shape index (κ1) is 19.7. The van der Waals surface area contributed by atoms with Crippen LogP contribution in [0.1, 0.15) is 42.1 Å². The first-order chi connectivity index (χ1) is 14.5. The summed E-state index contributed by atoms with van der Waals surface area (Å²) < 4.78 is 22.1. The maximum Gasteiger partial charge on any atom is 0.145 e. The Kier molecular flexibility index (Phi) is 4.92. The quantitative estimate of drug-likeness (QED) is 0.663. The van der Waals surface area contributed by atoms with Crippen LogP contribution in [-0.2, 0) is 12.8 Å². The highest BCUT2D eigenvalue weighted by Crippen LogP contribution is 2.40. The van der Waals surface area contributed by atoms with Crippen LogP contribution >= 0.6 is 11.6 Å². The van der Waals surface area contributed by atoms with Gasteiger partial charge in [0.05, 0.1) is 22.1 Å². The summed E-state index contributed by atoms with van der Waals surface area (Å²) in [5, 5.41) is 22.7. The van der Waals surface area contributed by atoms with Crippen LogP contribution in [0, 0.1) is 12.7 Å². The molecule has 2 heterocycles. The van der Waals surface area contributed by atoms with Crippen LogP contribution in [0.25, 0.3) is 11.0 Å². The van der Waals surface area contributed by atoms with E-state index in [2.05, 4.69) is 9.97 Å². The summed E-state index contributed by atoms with van der Waals surface area (Å²) in [6, 6.07) is 2.60. The highest BCUT2D eigenvalue weighted by atomic mass is 35.5. The maximum atomic E-state index is 14.2. The zero-order valence-corrected chi connectivity index (χ0v) is 17.3. The van der Waals surface area contributed by atoms with Crippen molar-refractivity contribution in [3.8, 4) is 5.75 Å². The van der Waals surface area contributed by atoms with Gasteiger partial charge >= 0.3 is 0 Å². The second kappa shape index (κ2) is 7.48. The van der Waals surface area contributed by atoms with Crippen molar-refractivity contribution in [3.63, 3.8) is 0 Å². The molecule has 2 aromatic heterocycles. The van der Waals surface area contributed by atoms with Crippen molar-refractivity contribution in [2.75, 3.05) is 0 Å². The lowest BCUT2D eigenvalue weighted by Crippen LogP contribution is -2.34. The Hall–Kier alpha value is -2.22. The first-order valence-electron chi connectivity index (χ1n) is 10.3. The summed E-state index contributed by atoms with van der Waals surface area (Å²) in [4.78, 5) is 8.52. The molecule has 4 atom stereocenters. The van der Waals surface area contributed by atoms with E-state index < -0.39 is 24.4 Å². The minimum absolute atomic E-state index is 0.203. The van der Waals surface area contributed by atoms with Gasteiger partial charge in [0.15, 0.2) is 0 Å². The van der Waals surface area contributed by atoms with Crippen molar-refractivity contribution in [1.82, 2.24) is 14.5 Å². The SMILES string of the molecule is Cc1ncnc2c1c(Cl)cn2[C@@H]1C[C@H](Oc2ccc(F)c3c2CCCC3)[C@@H](O)[C@H]1O. The van der Waals surface area contributed by atoms with E-state index in [1.54, 1.807) is 16.8 Å². The molecule has 0 saturated heterocycles. The van der Waals surface area contributed by atoms with Gasteiger partial charge in [0.1, 0.15) is 41.9 Å². The van der Waals surface area contributed by atoms with Gasteiger partial charge in [-0.1, -0.05) is 11.6 Å². The van der Waals surface area contributed by atoms with Crippen molar-refractivity contribution < 1.29 is 19.3 Å². The second-order valence-electron chi connectivity index (χ2n) is 8.19. The number of nitrogens with zero attached hydrogens (tertiary/aromatic N) is 3.